The van der Waals surface area contributed by atoms with Crippen LogP contribution in [0.2, 0.25) is 0 Å². The van der Waals surface area contributed by atoms with E-state index in [1.165, 1.54) is 0 Å². The zero-order valence-electron chi connectivity index (χ0n) is 10.6. The maximum atomic E-state index is 11.9. The fourth-order valence-electron chi connectivity index (χ4n) is 1.47. The summed E-state index contributed by atoms with van der Waals surface area (Å²) in [7, 11) is 0. The molecule has 0 aromatic heterocycles. The van der Waals surface area contributed by atoms with Gasteiger partial charge < -0.3 is 5.32 Å². The zero-order valence-corrected chi connectivity index (χ0v) is 10.6. The van der Waals surface area contributed by atoms with E-state index >= 15 is 0 Å². The minimum Gasteiger partial charge on any atom is -0.351 e. The van der Waals surface area contributed by atoms with E-state index in [0.29, 0.717) is 13.0 Å². The van der Waals surface area contributed by atoms with Gasteiger partial charge in [0.05, 0.1) is 6.07 Å². The Morgan fingerprint density at radius 3 is 2.65 bits per heavy atom. The molecule has 0 fully saturated rings. The van der Waals surface area contributed by atoms with Crippen molar-refractivity contribution in [3.8, 4) is 6.07 Å². The maximum absolute atomic E-state index is 11.9. The zero-order chi connectivity index (χ0) is 12.9. The van der Waals surface area contributed by atoms with Crippen LogP contribution in [0.1, 0.15) is 31.4 Å². The quantitative estimate of drug-likeness (QED) is 0.864. The molecule has 1 atom stereocenters. The van der Waals surface area contributed by atoms with E-state index in [0.717, 1.165) is 11.1 Å². The van der Waals surface area contributed by atoms with Gasteiger partial charge in [0.2, 0.25) is 5.91 Å². The molecule has 0 aliphatic rings. The first-order chi connectivity index (χ1) is 8.03. The number of aryl methyl sites for hydroxylation is 1. The summed E-state index contributed by atoms with van der Waals surface area (Å²) in [5.74, 6) is -0.203. The SMILES string of the molecule is CCC(C)(C#N)C(=O)NCc1ccccc1C. The Morgan fingerprint density at radius 1 is 1.47 bits per heavy atom. The second kappa shape index (κ2) is 5.49. The fourth-order valence-corrected chi connectivity index (χ4v) is 1.47. The largest absolute Gasteiger partial charge is 0.351 e. The van der Waals surface area contributed by atoms with Crippen LogP contribution < -0.4 is 5.32 Å². The Balaban J connectivity index is 2.67. The number of benzene rings is 1. The van der Waals surface area contributed by atoms with Crippen LogP contribution in [0.3, 0.4) is 0 Å². The van der Waals surface area contributed by atoms with Crippen molar-refractivity contribution >= 4 is 5.91 Å². The van der Waals surface area contributed by atoms with Gasteiger partial charge >= 0.3 is 0 Å². The molecule has 0 spiro atoms. The van der Waals surface area contributed by atoms with E-state index in [9.17, 15) is 4.79 Å². The average molecular weight is 230 g/mol. The van der Waals surface area contributed by atoms with Gasteiger partial charge in [-0.15, -0.1) is 0 Å². The number of carbonyl (C=O) groups excluding carboxylic acids is 1. The summed E-state index contributed by atoms with van der Waals surface area (Å²) in [5.41, 5.74) is 1.29. The summed E-state index contributed by atoms with van der Waals surface area (Å²) in [6.07, 6.45) is 0.517. The topological polar surface area (TPSA) is 52.9 Å². The van der Waals surface area contributed by atoms with E-state index in [1.54, 1.807) is 6.92 Å². The second-order valence-corrected chi connectivity index (χ2v) is 4.41. The first kappa shape index (κ1) is 13.2. The summed E-state index contributed by atoms with van der Waals surface area (Å²) in [5, 5.41) is 11.8. The van der Waals surface area contributed by atoms with Gasteiger partial charge in [0.15, 0.2) is 0 Å². The lowest BCUT2D eigenvalue weighted by Gasteiger charge is -2.18. The summed E-state index contributed by atoms with van der Waals surface area (Å²) in [6.45, 7) is 5.99. The minimum atomic E-state index is -0.928. The van der Waals surface area contributed by atoms with Crippen LogP contribution in [0.5, 0.6) is 0 Å². The predicted molar refractivity (Wildman–Crippen MR) is 67.0 cm³/mol. The monoisotopic (exact) mass is 230 g/mol. The lowest BCUT2D eigenvalue weighted by Crippen LogP contribution is -2.37. The first-order valence-electron chi connectivity index (χ1n) is 5.77. The summed E-state index contributed by atoms with van der Waals surface area (Å²) < 4.78 is 0. The highest BCUT2D eigenvalue weighted by molar-refractivity contribution is 5.84. The van der Waals surface area contributed by atoms with E-state index in [-0.39, 0.29) is 5.91 Å². The number of nitriles is 1. The van der Waals surface area contributed by atoms with Crippen LogP contribution in [0.4, 0.5) is 0 Å². The van der Waals surface area contributed by atoms with Crippen LogP contribution in [0.15, 0.2) is 24.3 Å². The Kier molecular flexibility index (Phi) is 4.28. The predicted octanol–water partition coefficient (Wildman–Crippen LogP) is 2.55. The Morgan fingerprint density at radius 2 is 2.12 bits per heavy atom. The van der Waals surface area contributed by atoms with Crippen molar-refractivity contribution in [3.05, 3.63) is 35.4 Å². The summed E-state index contributed by atoms with van der Waals surface area (Å²) in [4.78, 5) is 11.9. The van der Waals surface area contributed by atoms with E-state index in [1.807, 2.05) is 38.1 Å². The van der Waals surface area contributed by atoms with E-state index in [2.05, 4.69) is 11.4 Å². The number of hydrogen-bond acceptors (Lipinski definition) is 2. The molecule has 90 valence electrons. The van der Waals surface area contributed by atoms with Crippen LogP contribution in [0, 0.1) is 23.7 Å². The van der Waals surface area contributed by atoms with Crippen molar-refractivity contribution in [2.75, 3.05) is 0 Å². The van der Waals surface area contributed by atoms with Crippen molar-refractivity contribution < 1.29 is 4.79 Å². The van der Waals surface area contributed by atoms with E-state index in [4.69, 9.17) is 5.26 Å². The van der Waals surface area contributed by atoms with Gasteiger partial charge in [0.1, 0.15) is 5.41 Å². The number of amides is 1. The molecule has 0 aliphatic heterocycles. The highest BCUT2D eigenvalue weighted by atomic mass is 16.2. The highest BCUT2D eigenvalue weighted by Gasteiger charge is 2.30. The van der Waals surface area contributed by atoms with Crippen molar-refractivity contribution in [2.45, 2.75) is 33.7 Å². The van der Waals surface area contributed by atoms with Crippen LogP contribution in [-0.2, 0) is 11.3 Å². The van der Waals surface area contributed by atoms with Crippen LogP contribution >= 0.6 is 0 Å². The van der Waals surface area contributed by atoms with Crippen molar-refractivity contribution in [1.82, 2.24) is 5.32 Å². The number of nitrogens with zero attached hydrogens (tertiary/aromatic N) is 1. The Bertz CT molecular complexity index is 448. The molecule has 1 aromatic carbocycles. The van der Waals surface area contributed by atoms with Crippen molar-refractivity contribution in [1.29, 1.82) is 5.26 Å². The number of rotatable bonds is 4. The molecule has 1 unspecified atom stereocenters. The molecular weight excluding hydrogens is 212 g/mol. The summed E-state index contributed by atoms with van der Waals surface area (Å²) >= 11 is 0. The second-order valence-electron chi connectivity index (χ2n) is 4.41. The molecule has 3 heteroatoms. The third-order valence-corrected chi connectivity index (χ3v) is 3.16. The Labute approximate surface area is 102 Å². The lowest BCUT2D eigenvalue weighted by molar-refractivity contribution is -0.127. The molecule has 0 heterocycles. The summed E-state index contributed by atoms with van der Waals surface area (Å²) in [6, 6.07) is 9.96. The van der Waals surface area contributed by atoms with Crippen molar-refractivity contribution in [2.24, 2.45) is 5.41 Å². The molecule has 0 radical (unpaired) electrons. The Hall–Kier alpha value is -1.82. The van der Waals surface area contributed by atoms with Gasteiger partial charge in [-0.25, -0.2) is 0 Å². The minimum absolute atomic E-state index is 0.203. The van der Waals surface area contributed by atoms with Crippen LogP contribution in [-0.4, -0.2) is 5.91 Å². The average Bonchev–Trinajstić information content (AvgIpc) is 2.36. The molecule has 0 saturated carbocycles. The number of hydrogen-bond donors (Lipinski definition) is 1. The van der Waals surface area contributed by atoms with Gasteiger partial charge in [-0.3, -0.25) is 4.79 Å². The molecule has 1 N–H and O–H groups in total. The van der Waals surface area contributed by atoms with Gasteiger partial charge in [-0.05, 0) is 31.4 Å². The molecule has 1 rings (SSSR count). The van der Waals surface area contributed by atoms with Gasteiger partial charge in [-0.1, -0.05) is 31.2 Å². The standard InChI is InChI=1S/C14H18N2O/c1-4-14(3,10-15)13(17)16-9-12-8-6-5-7-11(12)2/h5-8H,4,9H2,1-3H3,(H,16,17). The normalized spacial score (nSPS) is 13.5. The third-order valence-electron chi connectivity index (χ3n) is 3.16. The molecule has 0 saturated heterocycles. The molecule has 1 amide bonds. The number of carbonyl (C=O) groups is 1. The highest BCUT2D eigenvalue weighted by Crippen LogP contribution is 2.19. The molecule has 17 heavy (non-hydrogen) atoms. The molecule has 3 nitrogen and oxygen atoms in total. The van der Waals surface area contributed by atoms with Gasteiger partial charge in [-0.2, -0.15) is 5.26 Å². The molecule has 0 aliphatic carbocycles. The maximum Gasteiger partial charge on any atom is 0.240 e. The molecule has 0 bridgehead atoms. The van der Waals surface area contributed by atoms with Gasteiger partial charge in [0, 0.05) is 6.54 Å². The third kappa shape index (κ3) is 3.07. The first-order valence-corrected chi connectivity index (χ1v) is 5.77. The molecule has 1 aromatic rings. The lowest BCUT2D eigenvalue weighted by atomic mass is 9.88. The van der Waals surface area contributed by atoms with E-state index < -0.39 is 5.41 Å². The molecular formula is C14H18N2O. The van der Waals surface area contributed by atoms with Crippen molar-refractivity contribution in [3.63, 3.8) is 0 Å². The smallest absolute Gasteiger partial charge is 0.240 e. The van der Waals surface area contributed by atoms with Crippen LogP contribution in [0.25, 0.3) is 0 Å². The van der Waals surface area contributed by atoms with Gasteiger partial charge in [0.25, 0.3) is 0 Å². The number of nitrogens with one attached hydrogen (secondary N) is 1. The fraction of sp³-hybridized carbons (Fsp3) is 0.429.